The third-order valence-corrected chi connectivity index (χ3v) is 9.00. The Morgan fingerprint density at radius 3 is 2.43 bits per heavy atom. The number of aromatic carboxylic acids is 1. The highest BCUT2D eigenvalue weighted by Gasteiger charge is 2.40. The molecule has 1 aromatic heterocycles. The first-order chi connectivity index (χ1) is 16.5. The zero-order chi connectivity index (χ0) is 25.3. The molecule has 1 aromatic rings. The van der Waals surface area contributed by atoms with E-state index in [0.717, 1.165) is 49.2 Å². The summed E-state index contributed by atoms with van der Waals surface area (Å²) in [5.74, 6) is -1.75. The Balaban J connectivity index is 1.63. The van der Waals surface area contributed by atoms with E-state index in [1.165, 1.54) is 11.3 Å². The number of rotatable bonds is 6. The number of aliphatic hydroxyl groups is 1. The van der Waals surface area contributed by atoms with Crippen LogP contribution >= 0.6 is 11.3 Å². The summed E-state index contributed by atoms with van der Waals surface area (Å²) in [6.45, 7) is 9.50. The Morgan fingerprint density at radius 1 is 1.14 bits per heavy atom. The molecule has 0 radical (unpaired) electrons. The van der Waals surface area contributed by atoms with Crippen LogP contribution in [0.25, 0.3) is 0 Å². The van der Waals surface area contributed by atoms with Crippen molar-refractivity contribution in [2.45, 2.75) is 102 Å². The van der Waals surface area contributed by atoms with Crippen LogP contribution in [0, 0.1) is 5.92 Å². The molecule has 1 amide bonds. The molecule has 8 heteroatoms. The van der Waals surface area contributed by atoms with Crippen molar-refractivity contribution >= 4 is 28.9 Å². The maximum absolute atomic E-state index is 14.0. The van der Waals surface area contributed by atoms with E-state index in [0.29, 0.717) is 25.1 Å². The van der Waals surface area contributed by atoms with Crippen molar-refractivity contribution in [1.29, 1.82) is 0 Å². The fraction of sp³-hybridized carbons (Fsp3) is 0.704. The Morgan fingerprint density at radius 2 is 1.86 bits per heavy atom. The van der Waals surface area contributed by atoms with E-state index in [1.54, 1.807) is 4.90 Å². The third kappa shape index (κ3) is 5.98. The number of allylic oxidation sites excluding steroid dienone is 1. The molecule has 0 aromatic carbocycles. The average molecular weight is 506 g/mol. The summed E-state index contributed by atoms with van der Waals surface area (Å²) >= 11 is 1.25. The number of carboxylic acids is 1. The second-order valence-electron chi connectivity index (χ2n) is 11.3. The van der Waals surface area contributed by atoms with Crippen LogP contribution in [0.15, 0.2) is 17.7 Å². The van der Waals surface area contributed by atoms with Gasteiger partial charge in [0, 0.05) is 17.5 Å². The van der Waals surface area contributed by atoms with Crippen molar-refractivity contribution < 1.29 is 29.3 Å². The summed E-state index contributed by atoms with van der Waals surface area (Å²) in [4.78, 5) is 29.1. The molecule has 4 rings (SSSR count). The molecule has 1 saturated carbocycles. The second kappa shape index (κ2) is 10.7. The van der Waals surface area contributed by atoms with E-state index in [9.17, 15) is 19.8 Å². The number of amides is 1. The standard InChI is InChI=1S/C27H39NO6S/c1-16-5-10-20(22(29)13-16)25(30)28(21-14-23(27(2,3)4)35-24(21)26(31)32)17-6-8-18(9-7-17)34-19-11-12-33-15-19/h5,14,17-20,22,29H,6-13,15H2,1-4H3,(H,31,32)/t17?,18?,19?,20-,22+/m1/s1. The highest BCUT2D eigenvalue weighted by molar-refractivity contribution is 7.14. The van der Waals surface area contributed by atoms with Crippen LogP contribution < -0.4 is 4.90 Å². The van der Waals surface area contributed by atoms with Crippen molar-refractivity contribution in [2.24, 2.45) is 5.92 Å². The van der Waals surface area contributed by atoms with E-state index in [1.807, 2.05) is 39.8 Å². The van der Waals surface area contributed by atoms with Crippen LogP contribution in [0.1, 0.15) is 87.2 Å². The smallest absolute Gasteiger partial charge is 0.348 e. The highest BCUT2D eigenvalue weighted by Crippen LogP contribution is 2.41. The maximum Gasteiger partial charge on any atom is 0.348 e. The first-order valence-corrected chi connectivity index (χ1v) is 13.6. The molecule has 1 aliphatic heterocycles. The van der Waals surface area contributed by atoms with E-state index >= 15 is 0 Å². The molecule has 3 aliphatic rings. The van der Waals surface area contributed by atoms with Gasteiger partial charge >= 0.3 is 5.97 Å². The fourth-order valence-electron chi connectivity index (χ4n) is 5.40. The van der Waals surface area contributed by atoms with Crippen molar-refractivity contribution in [3.05, 3.63) is 27.5 Å². The van der Waals surface area contributed by atoms with Gasteiger partial charge in [0.15, 0.2) is 0 Å². The molecule has 0 spiro atoms. The summed E-state index contributed by atoms with van der Waals surface area (Å²) in [7, 11) is 0. The molecule has 3 atom stereocenters. The number of hydrogen-bond donors (Lipinski definition) is 2. The quantitative estimate of drug-likeness (QED) is 0.533. The number of hydrogen-bond acceptors (Lipinski definition) is 6. The largest absolute Gasteiger partial charge is 0.477 e. The van der Waals surface area contributed by atoms with E-state index < -0.39 is 18.0 Å². The second-order valence-corrected chi connectivity index (χ2v) is 12.4. The van der Waals surface area contributed by atoms with Crippen LogP contribution in [0.2, 0.25) is 0 Å². The number of thiophene rings is 1. The van der Waals surface area contributed by atoms with Gasteiger partial charge in [0.05, 0.1) is 36.5 Å². The molecule has 1 saturated heterocycles. The van der Waals surface area contributed by atoms with Gasteiger partial charge in [-0.05, 0) is 63.4 Å². The van der Waals surface area contributed by atoms with Crippen LogP contribution in [0.5, 0.6) is 0 Å². The lowest BCUT2D eigenvalue weighted by atomic mass is 9.84. The monoisotopic (exact) mass is 505 g/mol. The summed E-state index contributed by atoms with van der Waals surface area (Å²) < 4.78 is 11.7. The van der Waals surface area contributed by atoms with Gasteiger partial charge in [-0.3, -0.25) is 4.79 Å². The molecular formula is C27H39NO6S. The Labute approximate surface area is 212 Å². The lowest BCUT2D eigenvalue weighted by molar-refractivity contribution is -0.127. The predicted octanol–water partition coefficient (Wildman–Crippen LogP) is 4.91. The van der Waals surface area contributed by atoms with Crippen molar-refractivity contribution in [3.8, 4) is 0 Å². The van der Waals surface area contributed by atoms with Gasteiger partial charge in [0.2, 0.25) is 5.91 Å². The van der Waals surface area contributed by atoms with Crippen LogP contribution in [-0.2, 0) is 19.7 Å². The SMILES string of the molecule is CC1=CC[C@@H](C(=O)N(c2cc(C(C)(C)C)sc2C(=O)O)C2CCC(OC3CCOC3)CC2)[C@@H](O)C1. The molecule has 2 heterocycles. The zero-order valence-corrected chi connectivity index (χ0v) is 22.1. The van der Waals surface area contributed by atoms with E-state index in [-0.39, 0.29) is 34.4 Å². The number of aliphatic hydroxyl groups excluding tert-OH is 1. The number of ether oxygens (including phenoxy) is 2. The normalized spacial score (nSPS) is 29.6. The minimum atomic E-state index is -1.02. The van der Waals surface area contributed by atoms with Crippen LogP contribution in [0.4, 0.5) is 5.69 Å². The molecule has 2 N–H and O–H groups in total. The van der Waals surface area contributed by atoms with Crippen molar-refractivity contribution in [2.75, 3.05) is 18.1 Å². The van der Waals surface area contributed by atoms with E-state index in [2.05, 4.69) is 0 Å². The third-order valence-electron chi connectivity index (χ3n) is 7.46. The van der Waals surface area contributed by atoms with Gasteiger partial charge in [0.1, 0.15) is 4.88 Å². The summed E-state index contributed by atoms with van der Waals surface area (Å²) in [6.07, 6.45) is 6.51. The number of nitrogens with zero attached hydrogens (tertiary/aromatic N) is 1. The summed E-state index contributed by atoms with van der Waals surface area (Å²) in [6, 6.07) is 1.77. The van der Waals surface area contributed by atoms with Crippen LogP contribution in [0.3, 0.4) is 0 Å². The van der Waals surface area contributed by atoms with Crippen LogP contribution in [-0.4, -0.2) is 59.7 Å². The van der Waals surface area contributed by atoms with Gasteiger partial charge in [-0.2, -0.15) is 0 Å². The molecule has 1 unspecified atom stereocenters. The maximum atomic E-state index is 14.0. The average Bonchev–Trinajstić information content (AvgIpc) is 3.45. The lowest BCUT2D eigenvalue weighted by Gasteiger charge is -2.40. The van der Waals surface area contributed by atoms with Gasteiger partial charge in [-0.15, -0.1) is 11.3 Å². The number of carboxylic acid groups (broad SMARTS) is 1. The molecule has 7 nitrogen and oxygen atoms in total. The van der Waals surface area contributed by atoms with Gasteiger partial charge in [-0.1, -0.05) is 32.4 Å². The Hall–Kier alpha value is -1.74. The molecule has 0 bridgehead atoms. The summed E-state index contributed by atoms with van der Waals surface area (Å²) in [5, 5.41) is 20.8. The minimum absolute atomic E-state index is 0.123. The van der Waals surface area contributed by atoms with Gasteiger partial charge in [-0.25, -0.2) is 4.79 Å². The molecular weight excluding hydrogens is 466 g/mol. The Kier molecular flexibility index (Phi) is 8.05. The first kappa shape index (κ1) is 26.3. The van der Waals surface area contributed by atoms with Crippen molar-refractivity contribution in [1.82, 2.24) is 0 Å². The molecule has 2 fully saturated rings. The minimum Gasteiger partial charge on any atom is -0.477 e. The molecule has 2 aliphatic carbocycles. The number of anilines is 1. The first-order valence-electron chi connectivity index (χ1n) is 12.8. The van der Waals surface area contributed by atoms with Gasteiger partial charge in [0.25, 0.3) is 0 Å². The topological polar surface area (TPSA) is 96.3 Å². The van der Waals surface area contributed by atoms with Gasteiger partial charge < -0.3 is 24.6 Å². The van der Waals surface area contributed by atoms with E-state index in [4.69, 9.17) is 9.47 Å². The highest BCUT2D eigenvalue weighted by atomic mass is 32.1. The lowest BCUT2D eigenvalue weighted by Crippen LogP contribution is -2.49. The predicted molar refractivity (Wildman–Crippen MR) is 136 cm³/mol. The Bertz CT molecular complexity index is 949. The van der Waals surface area contributed by atoms with Crippen molar-refractivity contribution in [3.63, 3.8) is 0 Å². The zero-order valence-electron chi connectivity index (χ0n) is 21.3. The molecule has 35 heavy (non-hydrogen) atoms. The number of carbonyl (C=O) groups is 2. The summed E-state index contributed by atoms with van der Waals surface area (Å²) in [5.41, 5.74) is 1.32. The fourth-order valence-corrected chi connectivity index (χ4v) is 6.44. The number of carbonyl (C=O) groups excluding carboxylic acids is 1. The molecule has 194 valence electrons.